The van der Waals surface area contributed by atoms with Crippen LogP contribution in [0.15, 0.2) is 24.8 Å². The maximum absolute atomic E-state index is 14.4. The summed E-state index contributed by atoms with van der Waals surface area (Å²) in [6.07, 6.45) is -23.7. The summed E-state index contributed by atoms with van der Waals surface area (Å²) in [7, 11) is 0. The Morgan fingerprint density at radius 1 is 0.657 bits per heavy atom. The van der Waals surface area contributed by atoms with E-state index in [2.05, 4.69) is 13.2 Å². The first-order chi connectivity index (χ1) is 31.8. The Morgan fingerprint density at radius 2 is 1.22 bits per heavy atom. The fourth-order valence-corrected chi connectivity index (χ4v) is 13.4. The normalized spacial score (nSPS) is 53.3. The topological polar surface area (TPSA) is 354 Å². The van der Waals surface area contributed by atoms with Gasteiger partial charge in [-0.15, -0.1) is 6.58 Å². The lowest BCUT2D eigenvalue weighted by Crippen LogP contribution is -2.67. The predicted octanol–water partition coefficient (Wildman–Crippen LogP) is -3.92. The number of rotatable bonds is 13. The van der Waals surface area contributed by atoms with Crippen molar-refractivity contribution in [3.05, 3.63) is 24.8 Å². The molecular formula is C45H70O22. The SMILES string of the molecule is C=C[C@@]12CCC[C@@](C)(C(=O)O[C@@H]3OC(CO)[C@@H](O)[C@H](O)C3O)[C@H]1CC[C@]13CC(=C)[C@](O[C@@H]4O[C@H](CO)C(O)C(O[C@H]5CC(O)C(O)[C@@H](CO)O5)[C@H]4O[C@@H]4O[C@@H](CO)[C@@H](O)C(O)C4O)(CC[C@H]12)C3. The van der Waals surface area contributed by atoms with Gasteiger partial charge in [-0.2, -0.15) is 0 Å². The molecule has 25 atom stereocenters. The van der Waals surface area contributed by atoms with Gasteiger partial charge in [0.05, 0.1) is 43.5 Å². The number of aliphatic hydroxyl groups excluding tert-OH is 13. The number of allylic oxidation sites excluding steroid dienone is 1. The van der Waals surface area contributed by atoms with Gasteiger partial charge < -0.3 is 104 Å². The second-order valence-electron chi connectivity index (χ2n) is 20.5. The first-order valence-electron chi connectivity index (χ1n) is 23.5. The van der Waals surface area contributed by atoms with Crippen LogP contribution >= 0.6 is 0 Å². The standard InChI is InChI=1S/C45H70O22/c1-4-44-9-5-8-42(3,41(59)66-39-35(58)33(56)30(53)23(16-48)62-39)25(44)6-10-43-13-19(2)45(18-43,11-7-26(43)44)67-40-37(65-38-34(57)32(55)29(52)22(15-47)61-38)36(31(54)24(17-49)63-40)64-27-12-20(50)28(51)21(14-46)60-27/h4,20-40,46-58H,1-2,5-18H2,3H3/t20?,21-,22+,23?,24-,25-,26-,27+,28?,29-,30-,31?,32?,33+,34?,35?,36?,37-,38+,39+,40+,42-,43-,44-,45+/m1/s1. The minimum Gasteiger partial charge on any atom is -0.432 e. The van der Waals surface area contributed by atoms with Crippen LogP contribution in [0.2, 0.25) is 0 Å². The van der Waals surface area contributed by atoms with Gasteiger partial charge in [-0.05, 0) is 86.5 Å². The van der Waals surface area contributed by atoms with E-state index < -0.39 is 171 Å². The third kappa shape index (κ3) is 8.66. The number of carbonyl (C=O) groups excluding carboxylic acids is 1. The fraction of sp³-hybridized carbons (Fsp3) is 0.889. The van der Waals surface area contributed by atoms with E-state index in [1.54, 1.807) is 0 Å². The highest BCUT2D eigenvalue weighted by Gasteiger charge is 2.70. The van der Waals surface area contributed by atoms with Crippen molar-refractivity contribution in [2.75, 3.05) is 26.4 Å². The molecule has 0 amide bonds. The summed E-state index contributed by atoms with van der Waals surface area (Å²) < 4.78 is 48.7. The molecule has 0 aromatic carbocycles. The van der Waals surface area contributed by atoms with Crippen LogP contribution in [0.25, 0.3) is 0 Å². The Kier molecular flexibility index (Phi) is 15.1. The quantitative estimate of drug-likeness (QED) is 0.0476. The van der Waals surface area contributed by atoms with E-state index >= 15 is 0 Å². The maximum atomic E-state index is 14.4. The molecule has 4 aliphatic heterocycles. The van der Waals surface area contributed by atoms with Gasteiger partial charge in [-0.1, -0.05) is 19.1 Å². The Hall–Kier alpha value is -1.85. The molecule has 0 radical (unpaired) electrons. The zero-order valence-electron chi connectivity index (χ0n) is 37.5. The highest BCUT2D eigenvalue weighted by atomic mass is 16.8. The van der Waals surface area contributed by atoms with Gasteiger partial charge in [-0.25, -0.2) is 0 Å². The molecule has 8 fully saturated rings. The van der Waals surface area contributed by atoms with Gasteiger partial charge in [0.1, 0.15) is 85.5 Å². The van der Waals surface area contributed by atoms with Crippen molar-refractivity contribution in [2.45, 2.75) is 193 Å². The monoisotopic (exact) mass is 962 g/mol. The van der Waals surface area contributed by atoms with Crippen LogP contribution in [0.5, 0.6) is 0 Å². The van der Waals surface area contributed by atoms with Crippen LogP contribution in [0, 0.1) is 28.1 Å². The predicted molar refractivity (Wildman–Crippen MR) is 222 cm³/mol. The van der Waals surface area contributed by atoms with Crippen molar-refractivity contribution in [3.8, 4) is 0 Å². The molecule has 4 heterocycles. The molecule has 8 unspecified atom stereocenters. The number of aliphatic hydroxyl groups is 13. The lowest BCUT2D eigenvalue weighted by Gasteiger charge is -2.64. The molecule has 67 heavy (non-hydrogen) atoms. The molecular weight excluding hydrogens is 892 g/mol. The molecule has 22 heteroatoms. The van der Waals surface area contributed by atoms with Gasteiger partial charge in [-0.3, -0.25) is 4.79 Å². The number of ether oxygens (including phenoxy) is 8. The van der Waals surface area contributed by atoms with E-state index in [-0.39, 0.29) is 18.3 Å². The molecule has 0 aromatic heterocycles. The van der Waals surface area contributed by atoms with E-state index in [1.165, 1.54) is 0 Å². The van der Waals surface area contributed by atoms with Crippen molar-refractivity contribution < 1.29 is 109 Å². The molecule has 4 aliphatic carbocycles. The van der Waals surface area contributed by atoms with Gasteiger partial charge >= 0.3 is 5.97 Å². The van der Waals surface area contributed by atoms with E-state index in [0.29, 0.717) is 63.4 Å². The molecule has 2 bridgehead atoms. The Labute approximate surface area is 387 Å². The van der Waals surface area contributed by atoms with E-state index in [1.807, 2.05) is 13.0 Å². The number of hydrogen-bond donors (Lipinski definition) is 13. The highest BCUT2D eigenvalue weighted by molar-refractivity contribution is 5.77. The third-order valence-corrected chi connectivity index (χ3v) is 16.9. The van der Waals surface area contributed by atoms with Crippen molar-refractivity contribution in [2.24, 2.45) is 28.1 Å². The number of esters is 1. The van der Waals surface area contributed by atoms with Crippen LogP contribution in [0.1, 0.15) is 71.1 Å². The minimum absolute atomic E-state index is 0.0480. The molecule has 0 aromatic rings. The summed E-state index contributed by atoms with van der Waals surface area (Å²) >= 11 is 0. The minimum atomic E-state index is -1.91. The zero-order chi connectivity index (χ0) is 48.5. The average Bonchev–Trinajstić information content (AvgIpc) is 3.51. The van der Waals surface area contributed by atoms with Gasteiger partial charge in [0.2, 0.25) is 6.29 Å². The molecule has 1 spiro atoms. The Morgan fingerprint density at radius 3 is 1.85 bits per heavy atom. The maximum Gasteiger partial charge on any atom is 0.314 e. The Balaban J connectivity index is 1.07. The van der Waals surface area contributed by atoms with Crippen LogP contribution in [0.3, 0.4) is 0 Å². The van der Waals surface area contributed by atoms with Gasteiger partial charge in [0.25, 0.3) is 0 Å². The zero-order valence-corrected chi connectivity index (χ0v) is 37.5. The highest BCUT2D eigenvalue weighted by Crippen LogP contribution is 2.74. The molecule has 8 aliphatic rings. The largest absolute Gasteiger partial charge is 0.432 e. The smallest absolute Gasteiger partial charge is 0.314 e. The van der Waals surface area contributed by atoms with Crippen LogP contribution in [-0.4, -0.2) is 221 Å². The average molecular weight is 963 g/mol. The number of fused-ring (bicyclic) bond motifs is 3. The lowest BCUT2D eigenvalue weighted by atomic mass is 9.40. The van der Waals surface area contributed by atoms with Crippen LogP contribution in [0.4, 0.5) is 0 Å². The summed E-state index contributed by atoms with van der Waals surface area (Å²) in [5.41, 5.74) is -2.54. The molecule has 4 saturated heterocycles. The summed E-state index contributed by atoms with van der Waals surface area (Å²) in [5.74, 6) is -0.981. The Bertz CT molecular complexity index is 1770. The summed E-state index contributed by atoms with van der Waals surface area (Å²) in [6, 6.07) is 0. The first kappa shape index (κ1) is 51.5. The van der Waals surface area contributed by atoms with Gasteiger partial charge in [0, 0.05) is 6.42 Å². The lowest BCUT2D eigenvalue weighted by molar-refractivity contribution is -0.394. The first-order valence-corrected chi connectivity index (χ1v) is 23.5. The van der Waals surface area contributed by atoms with Crippen molar-refractivity contribution in [3.63, 3.8) is 0 Å². The van der Waals surface area contributed by atoms with Crippen molar-refractivity contribution in [1.29, 1.82) is 0 Å². The van der Waals surface area contributed by atoms with E-state index in [9.17, 15) is 71.2 Å². The molecule has 382 valence electrons. The van der Waals surface area contributed by atoms with E-state index in [4.69, 9.17) is 37.9 Å². The molecule has 8 rings (SSSR count). The molecule has 13 N–H and O–H groups in total. The van der Waals surface area contributed by atoms with Crippen molar-refractivity contribution in [1.82, 2.24) is 0 Å². The summed E-state index contributed by atoms with van der Waals surface area (Å²) in [6.45, 7) is 7.79. The third-order valence-electron chi connectivity index (χ3n) is 16.9. The van der Waals surface area contributed by atoms with Gasteiger partial charge in [0.15, 0.2) is 18.9 Å². The molecule has 22 nitrogen and oxygen atoms in total. The van der Waals surface area contributed by atoms with Crippen LogP contribution < -0.4 is 0 Å². The second-order valence-corrected chi connectivity index (χ2v) is 20.5. The number of carbonyl (C=O) groups is 1. The van der Waals surface area contributed by atoms with E-state index in [0.717, 1.165) is 0 Å². The molecule has 4 saturated carbocycles. The van der Waals surface area contributed by atoms with Crippen LogP contribution in [-0.2, 0) is 42.7 Å². The number of hydrogen-bond acceptors (Lipinski definition) is 22. The fourth-order valence-electron chi connectivity index (χ4n) is 13.4. The summed E-state index contributed by atoms with van der Waals surface area (Å²) in [5, 5.41) is 137. The summed E-state index contributed by atoms with van der Waals surface area (Å²) in [4.78, 5) is 14.4. The van der Waals surface area contributed by atoms with Crippen molar-refractivity contribution >= 4 is 5.97 Å². The second kappa shape index (κ2) is 19.6.